The molecule has 0 saturated heterocycles. The summed E-state index contributed by atoms with van der Waals surface area (Å²) >= 11 is 0. The minimum atomic E-state index is -4.57. The third-order valence-corrected chi connectivity index (χ3v) is 2.87. The van der Waals surface area contributed by atoms with Crippen molar-refractivity contribution in [2.24, 2.45) is 0 Å². The van der Waals surface area contributed by atoms with Gasteiger partial charge in [-0.3, -0.25) is 4.79 Å². The summed E-state index contributed by atoms with van der Waals surface area (Å²) in [6.07, 6.45) is -0.473. The van der Waals surface area contributed by atoms with Crippen LogP contribution in [0.1, 0.15) is 54.1 Å². The molecule has 5 heteroatoms. The molecule has 0 bridgehead atoms. The molecular weight excluding hydrogens is 260 g/mol. The highest BCUT2D eigenvalue weighted by Crippen LogP contribution is 2.31. The lowest BCUT2D eigenvalue weighted by Gasteiger charge is -2.10. The second-order valence-corrected chi connectivity index (χ2v) is 4.50. The first kappa shape index (κ1) is 15.7. The van der Waals surface area contributed by atoms with Crippen LogP contribution in [0.2, 0.25) is 0 Å². The molecule has 0 amide bonds. The lowest BCUT2D eigenvalue weighted by molar-refractivity contribution is -0.137. The summed E-state index contributed by atoms with van der Waals surface area (Å²) in [6.45, 7) is 2.03. The van der Waals surface area contributed by atoms with E-state index in [-0.39, 0.29) is 0 Å². The Labute approximate surface area is 109 Å². The van der Waals surface area contributed by atoms with Crippen LogP contribution < -0.4 is 0 Å². The molecule has 1 rings (SSSR count). The Morgan fingerprint density at radius 3 is 2.32 bits per heavy atom. The lowest BCUT2D eigenvalue weighted by atomic mass is 10.0. The Morgan fingerprint density at radius 2 is 1.79 bits per heavy atom. The standard InChI is InChI=1S/C14H16F4O/c1-2-3-4-5-6-10-7-11(13(15)19)9-12(8-10)14(16,17)18/h7-9H,2-6H2,1H3. The van der Waals surface area contributed by atoms with Gasteiger partial charge >= 0.3 is 12.2 Å². The van der Waals surface area contributed by atoms with Crippen molar-refractivity contribution in [3.8, 4) is 0 Å². The molecule has 106 valence electrons. The molecule has 0 aromatic heterocycles. The smallest absolute Gasteiger partial charge is 0.255 e. The van der Waals surface area contributed by atoms with Gasteiger partial charge in [0, 0.05) is 0 Å². The van der Waals surface area contributed by atoms with Crippen LogP contribution in [0.3, 0.4) is 0 Å². The van der Waals surface area contributed by atoms with E-state index < -0.39 is 23.3 Å². The van der Waals surface area contributed by atoms with Crippen molar-refractivity contribution in [3.05, 3.63) is 34.9 Å². The van der Waals surface area contributed by atoms with Gasteiger partial charge in [0.05, 0.1) is 11.1 Å². The van der Waals surface area contributed by atoms with Crippen LogP contribution in [0.15, 0.2) is 18.2 Å². The lowest BCUT2D eigenvalue weighted by Crippen LogP contribution is -2.08. The number of hydrogen-bond acceptors (Lipinski definition) is 1. The van der Waals surface area contributed by atoms with Gasteiger partial charge in [-0.15, -0.1) is 0 Å². The Balaban J connectivity index is 2.91. The molecule has 1 aromatic rings. The second kappa shape index (κ2) is 6.68. The predicted octanol–water partition coefficient (Wildman–Crippen LogP) is 4.94. The number of alkyl halides is 3. The molecule has 0 N–H and O–H groups in total. The van der Waals surface area contributed by atoms with Crippen molar-refractivity contribution in [3.63, 3.8) is 0 Å². The Kier molecular flexibility index (Phi) is 5.51. The molecular formula is C14H16F4O. The van der Waals surface area contributed by atoms with Crippen molar-refractivity contribution in [1.82, 2.24) is 0 Å². The maximum absolute atomic E-state index is 12.6. The number of benzene rings is 1. The van der Waals surface area contributed by atoms with Crippen molar-refractivity contribution in [2.75, 3.05) is 0 Å². The number of aryl methyl sites for hydroxylation is 1. The zero-order valence-corrected chi connectivity index (χ0v) is 10.7. The van der Waals surface area contributed by atoms with E-state index in [2.05, 4.69) is 0 Å². The van der Waals surface area contributed by atoms with E-state index in [1.54, 1.807) is 0 Å². The highest BCUT2D eigenvalue weighted by atomic mass is 19.4. The summed E-state index contributed by atoms with van der Waals surface area (Å²) < 4.78 is 50.5. The molecule has 0 spiro atoms. The third-order valence-electron chi connectivity index (χ3n) is 2.87. The van der Waals surface area contributed by atoms with E-state index in [0.29, 0.717) is 18.1 Å². The minimum Gasteiger partial charge on any atom is -0.255 e. The number of unbranched alkanes of at least 4 members (excludes halogenated alkanes) is 3. The van der Waals surface area contributed by atoms with Gasteiger partial charge in [0.15, 0.2) is 0 Å². The summed E-state index contributed by atoms with van der Waals surface area (Å²) in [7, 11) is 0. The summed E-state index contributed by atoms with van der Waals surface area (Å²) in [5, 5.41) is 0. The quantitative estimate of drug-likeness (QED) is 0.408. The molecule has 0 aliphatic rings. The first-order valence-corrected chi connectivity index (χ1v) is 6.25. The molecule has 0 atom stereocenters. The van der Waals surface area contributed by atoms with Crippen LogP contribution in [-0.2, 0) is 12.6 Å². The normalized spacial score (nSPS) is 11.6. The van der Waals surface area contributed by atoms with Crippen molar-refractivity contribution in [2.45, 2.75) is 45.2 Å². The summed E-state index contributed by atoms with van der Waals surface area (Å²) in [4.78, 5) is 10.6. The first-order valence-electron chi connectivity index (χ1n) is 6.25. The maximum Gasteiger partial charge on any atom is 0.416 e. The molecule has 0 heterocycles. The number of halogens is 4. The van der Waals surface area contributed by atoms with Gasteiger partial charge in [0.1, 0.15) is 0 Å². The van der Waals surface area contributed by atoms with E-state index in [1.807, 2.05) is 6.92 Å². The van der Waals surface area contributed by atoms with Crippen LogP contribution in [-0.4, -0.2) is 6.04 Å². The van der Waals surface area contributed by atoms with Gasteiger partial charge in [-0.05, 0) is 36.6 Å². The molecule has 0 fully saturated rings. The van der Waals surface area contributed by atoms with Gasteiger partial charge < -0.3 is 0 Å². The number of hydrogen-bond donors (Lipinski definition) is 0. The average Bonchev–Trinajstić information content (AvgIpc) is 2.33. The van der Waals surface area contributed by atoms with Gasteiger partial charge in [-0.2, -0.15) is 17.6 Å². The van der Waals surface area contributed by atoms with E-state index in [4.69, 9.17) is 0 Å². The Hall–Kier alpha value is -1.39. The monoisotopic (exact) mass is 276 g/mol. The van der Waals surface area contributed by atoms with Gasteiger partial charge in [-0.25, -0.2) is 0 Å². The highest BCUT2D eigenvalue weighted by Gasteiger charge is 2.31. The molecule has 0 unspecified atom stereocenters. The maximum atomic E-state index is 12.6. The van der Waals surface area contributed by atoms with Gasteiger partial charge in [0.25, 0.3) is 0 Å². The Morgan fingerprint density at radius 1 is 1.11 bits per heavy atom. The topological polar surface area (TPSA) is 17.1 Å². The number of carbonyl (C=O) groups excluding carboxylic acids is 1. The zero-order valence-electron chi connectivity index (χ0n) is 10.7. The molecule has 19 heavy (non-hydrogen) atoms. The minimum absolute atomic E-state index is 0.354. The number of carbonyl (C=O) groups is 1. The SMILES string of the molecule is CCCCCCc1cc(C(=O)F)cc(C(F)(F)F)c1. The first-order chi connectivity index (χ1) is 8.84. The van der Waals surface area contributed by atoms with E-state index in [0.717, 1.165) is 31.7 Å². The van der Waals surface area contributed by atoms with Crippen molar-refractivity contribution >= 4 is 6.04 Å². The van der Waals surface area contributed by atoms with Gasteiger partial charge in [-0.1, -0.05) is 26.2 Å². The summed E-state index contributed by atoms with van der Waals surface area (Å²) in [6, 6.07) is 0.903. The fraction of sp³-hybridized carbons (Fsp3) is 0.500. The second-order valence-electron chi connectivity index (χ2n) is 4.50. The number of rotatable bonds is 6. The molecule has 0 radical (unpaired) electrons. The van der Waals surface area contributed by atoms with E-state index in [1.165, 1.54) is 6.07 Å². The van der Waals surface area contributed by atoms with Crippen LogP contribution in [0.4, 0.5) is 17.6 Å². The summed E-state index contributed by atoms with van der Waals surface area (Å²) in [5.74, 6) is 0. The fourth-order valence-corrected chi connectivity index (χ4v) is 1.87. The molecule has 0 aliphatic heterocycles. The van der Waals surface area contributed by atoms with E-state index in [9.17, 15) is 22.4 Å². The zero-order chi connectivity index (χ0) is 14.5. The fourth-order valence-electron chi connectivity index (χ4n) is 1.87. The molecule has 1 aromatic carbocycles. The van der Waals surface area contributed by atoms with Crippen LogP contribution in [0, 0.1) is 0 Å². The third kappa shape index (κ3) is 5.01. The van der Waals surface area contributed by atoms with Crippen LogP contribution in [0.5, 0.6) is 0 Å². The van der Waals surface area contributed by atoms with E-state index >= 15 is 0 Å². The molecule has 0 saturated carbocycles. The van der Waals surface area contributed by atoms with Crippen molar-refractivity contribution < 1.29 is 22.4 Å². The largest absolute Gasteiger partial charge is 0.416 e. The predicted molar refractivity (Wildman–Crippen MR) is 64.7 cm³/mol. The molecule has 1 nitrogen and oxygen atoms in total. The van der Waals surface area contributed by atoms with Crippen LogP contribution in [0.25, 0.3) is 0 Å². The Bertz CT molecular complexity index is 438. The summed E-state index contributed by atoms with van der Waals surface area (Å²) in [5.41, 5.74) is -1.14. The molecule has 0 aliphatic carbocycles. The van der Waals surface area contributed by atoms with Gasteiger partial charge in [0.2, 0.25) is 0 Å². The van der Waals surface area contributed by atoms with Crippen LogP contribution >= 0.6 is 0 Å². The van der Waals surface area contributed by atoms with Crippen molar-refractivity contribution in [1.29, 1.82) is 0 Å². The average molecular weight is 276 g/mol. The highest BCUT2D eigenvalue weighted by molar-refractivity contribution is 5.88.